The van der Waals surface area contributed by atoms with E-state index in [-0.39, 0.29) is 12.4 Å². The number of hydrogen-bond donors (Lipinski definition) is 1. The van der Waals surface area contributed by atoms with Crippen molar-refractivity contribution in [2.45, 2.75) is 51.1 Å². The summed E-state index contributed by atoms with van der Waals surface area (Å²) in [4.78, 5) is 4.28. The molecule has 2 aliphatic heterocycles. The van der Waals surface area contributed by atoms with Gasteiger partial charge in [-0.1, -0.05) is 5.16 Å². The summed E-state index contributed by atoms with van der Waals surface area (Å²) in [6.07, 6.45) is 6.22. The number of aromatic nitrogens is 2. The molecule has 0 spiro atoms. The first-order valence-corrected chi connectivity index (χ1v) is 5.85. The highest BCUT2D eigenvalue weighted by Crippen LogP contribution is 2.32. The van der Waals surface area contributed by atoms with E-state index in [9.17, 15) is 0 Å². The van der Waals surface area contributed by atoms with Crippen LogP contribution in [0.2, 0.25) is 0 Å². The summed E-state index contributed by atoms with van der Waals surface area (Å²) in [6.45, 7) is 1.87. The van der Waals surface area contributed by atoms with Crippen molar-refractivity contribution in [1.29, 1.82) is 0 Å². The van der Waals surface area contributed by atoms with E-state index in [0.717, 1.165) is 36.1 Å². The van der Waals surface area contributed by atoms with Crippen molar-refractivity contribution in [2.24, 2.45) is 5.92 Å². The Morgan fingerprint density at radius 1 is 1.31 bits per heavy atom. The highest BCUT2D eigenvalue weighted by Gasteiger charge is 2.33. The molecule has 0 radical (unpaired) electrons. The lowest BCUT2D eigenvalue weighted by Gasteiger charge is -2.27. The standard InChI is InChI=1S/C11H17N3O.ClH/c1-7-12-11(15-14-7)6-8-4-9-2-3-10(5-8)13-9;/h8-10,13H,2-6H2,1H3;1H. The molecule has 0 saturated carbocycles. The summed E-state index contributed by atoms with van der Waals surface area (Å²) >= 11 is 0. The molecule has 16 heavy (non-hydrogen) atoms. The number of aryl methyl sites for hydroxylation is 1. The zero-order valence-electron chi connectivity index (χ0n) is 9.48. The molecular weight excluding hydrogens is 226 g/mol. The van der Waals surface area contributed by atoms with Crippen molar-refractivity contribution in [2.75, 3.05) is 0 Å². The van der Waals surface area contributed by atoms with Gasteiger partial charge in [-0.25, -0.2) is 0 Å². The summed E-state index contributed by atoms with van der Waals surface area (Å²) < 4.78 is 5.18. The third-order valence-electron chi connectivity index (χ3n) is 3.60. The van der Waals surface area contributed by atoms with Crippen molar-refractivity contribution < 1.29 is 4.52 Å². The van der Waals surface area contributed by atoms with E-state index >= 15 is 0 Å². The van der Waals surface area contributed by atoms with Crippen LogP contribution in [0.1, 0.15) is 37.4 Å². The predicted molar refractivity (Wildman–Crippen MR) is 62.7 cm³/mol. The van der Waals surface area contributed by atoms with Gasteiger partial charge in [0.05, 0.1) is 0 Å². The van der Waals surface area contributed by atoms with Gasteiger partial charge < -0.3 is 9.84 Å². The lowest BCUT2D eigenvalue weighted by atomic mass is 9.90. The number of halogens is 1. The van der Waals surface area contributed by atoms with Gasteiger partial charge in [-0.05, 0) is 38.5 Å². The Labute approximate surface area is 102 Å². The Kier molecular flexibility index (Phi) is 3.50. The first-order valence-electron chi connectivity index (χ1n) is 5.85. The lowest BCUT2D eigenvalue weighted by molar-refractivity contribution is 0.270. The van der Waals surface area contributed by atoms with Crippen LogP contribution >= 0.6 is 12.4 Å². The maximum absolute atomic E-state index is 5.18. The molecule has 2 fully saturated rings. The Bertz CT molecular complexity index is 343. The lowest BCUT2D eigenvalue weighted by Crippen LogP contribution is -2.38. The van der Waals surface area contributed by atoms with Gasteiger partial charge in [0.25, 0.3) is 0 Å². The van der Waals surface area contributed by atoms with E-state index in [1.807, 2.05) is 6.92 Å². The van der Waals surface area contributed by atoms with E-state index in [0.29, 0.717) is 0 Å². The van der Waals surface area contributed by atoms with E-state index in [1.54, 1.807) is 0 Å². The zero-order chi connectivity index (χ0) is 10.3. The predicted octanol–water partition coefficient (Wildman–Crippen LogP) is 1.87. The molecule has 1 N–H and O–H groups in total. The fourth-order valence-electron chi connectivity index (χ4n) is 3.01. The maximum Gasteiger partial charge on any atom is 0.226 e. The number of nitrogens with zero attached hydrogens (tertiary/aromatic N) is 2. The van der Waals surface area contributed by atoms with Crippen LogP contribution in [-0.4, -0.2) is 22.2 Å². The second kappa shape index (κ2) is 4.72. The van der Waals surface area contributed by atoms with Gasteiger partial charge in [0.15, 0.2) is 5.82 Å². The van der Waals surface area contributed by atoms with Crippen LogP contribution in [0.5, 0.6) is 0 Å². The van der Waals surface area contributed by atoms with Crippen LogP contribution in [0.15, 0.2) is 4.52 Å². The van der Waals surface area contributed by atoms with Crippen LogP contribution in [-0.2, 0) is 6.42 Å². The van der Waals surface area contributed by atoms with E-state index in [4.69, 9.17) is 4.52 Å². The highest BCUT2D eigenvalue weighted by molar-refractivity contribution is 5.85. The number of hydrogen-bond acceptors (Lipinski definition) is 4. The molecular formula is C11H18ClN3O. The fraction of sp³-hybridized carbons (Fsp3) is 0.818. The topological polar surface area (TPSA) is 51.0 Å². The first kappa shape index (κ1) is 11.9. The Hall–Kier alpha value is -0.610. The fourth-order valence-corrected chi connectivity index (χ4v) is 3.01. The van der Waals surface area contributed by atoms with Crippen LogP contribution < -0.4 is 5.32 Å². The molecule has 4 nitrogen and oxygen atoms in total. The van der Waals surface area contributed by atoms with Crippen molar-refractivity contribution in [3.8, 4) is 0 Å². The molecule has 1 aromatic heterocycles. The largest absolute Gasteiger partial charge is 0.339 e. The Balaban J connectivity index is 0.000000963. The molecule has 0 aromatic carbocycles. The summed E-state index contributed by atoms with van der Waals surface area (Å²) in [6, 6.07) is 1.50. The summed E-state index contributed by atoms with van der Waals surface area (Å²) in [7, 11) is 0. The molecule has 1 aromatic rings. The highest BCUT2D eigenvalue weighted by atomic mass is 35.5. The molecule has 5 heteroatoms. The zero-order valence-corrected chi connectivity index (χ0v) is 10.3. The van der Waals surface area contributed by atoms with Crippen LogP contribution in [0.3, 0.4) is 0 Å². The number of piperidine rings is 1. The van der Waals surface area contributed by atoms with Crippen LogP contribution in [0.4, 0.5) is 0 Å². The second-order valence-electron chi connectivity index (χ2n) is 4.91. The molecule has 2 saturated heterocycles. The Morgan fingerprint density at radius 3 is 2.56 bits per heavy atom. The van der Waals surface area contributed by atoms with Gasteiger partial charge in [-0.15, -0.1) is 12.4 Å². The van der Waals surface area contributed by atoms with Crippen molar-refractivity contribution in [3.63, 3.8) is 0 Å². The normalized spacial score (nSPS) is 32.4. The number of rotatable bonds is 2. The molecule has 2 unspecified atom stereocenters. The van der Waals surface area contributed by atoms with Gasteiger partial charge in [0.2, 0.25) is 5.89 Å². The Morgan fingerprint density at radius 2 is 2.00 bits per heavy atom. The molecule has 90 valence electrons. The van der Waals surface area contributed by atoms with Crippen molar-refractivity contribution >= 4 is 12.4 Å². The number of fused-ring (bicyclic) bond motifs is 2. The third kappa shape index (κ3) is 2.38. The quantitative estimate of drug-likeness (QED) is 0.862. The van der Waals surface area contributed by atoms with E-state index < -0.39 is 0 Å². The SMILES string of the molecule is Cc1noc(CC2CC3CCC(C2)N3)n1.Cl. The molecule has 2 bridgehead atoms. The molecule has 3 heterocycles. The molecule has 0 aliphatic carbocycles. The summed E-state index contributed by atoms with van der Waals surface area (Å²) in [5.74, 6) is 2.31. The smallest absolute Gasteiger partial charge is 0.226 e. The third-order valence-corrected chi connectivity index (χ3v) is 3.60. The van der Waals surface area contributed by atoms with Crippen molar-refractivity contribution in [1.82, 2.24) is 15.5 Å². The molecule has 2 aliphatic rings. The van der Waals surface area contributed by atoms with Gasteiger partial charge >= 0.3 is 0 Å². The number of nitrogens with one attached hydrogen (secondary N) is 1. The summed E-state index contributed by atoms with van der Waals surface area (Å²) in [5.41, 5.74) is 0. The van der Waals surface area contributed by atoms with Crippen LogP contribution in [0, 0.1) is 12.8 Å². The maximum atomic E-state index is 5.18. The second-order valence-corrected chi connectivity index (χ2v) is 4.91. The van der Waals surface area contributed by atoms with Gasteiger partial charge in [-0.2, -0.15) is 4.98 Å². The monoisotopic (exact) mass is 243 g/mol. The van der Waals surface area contributed by atoms with E-state index in [2.05, 4.69) is 15.5 Å². The summed E-state index contributed by atoms with van der Waals surface area (Å²) in [5, 5.41) is 7.48. The molecule has 3 rings (SSSR count). The first-order chi connectivity index (χ1) is 7.29. The van der Waals surface area contributed by atoms with Crippen LogP contribution in [0.25, 0.3) is 0 Å². The average molecular weight is 244 g/mol. The molecule has 2 atom stereocenters. The van der Waals surface area contributed by atoms with Crippen molar-refractivity contribution in [3.05, 3.63) is 11.7 Å². The van der Waals surface area contributed by atoms with Gasteiger partial charge in [-0.3, -0.25) is 0 Å². The minimum Gasteiger partial charge on any atom is -0.339 e. The minimum atomic E-state index is 0. The minimum absolute atomic E-state index is 0. The van der Waals surface area contributed by atoms with E-state index in [1.165, 1.54) is 25.7 Å². The van der Waals surface area contributed by atoms with Gasteiger partial charge in [0, 0.05) is 18.5 Å². The van der Waals surface area contributed by atoms with Gasteiger partial charge in [0.1, 0.15) is 0 Å². The average Bonchev–Trinajstić information content (AvgIpc) is 2.74. The molecule has 0 amide bonds.